The zero-order valence-corrected chi connectivity index (χ0v) is 16.5. The van der Waals surface area contributed by atoms with E-state index < -0.39 is 0 Å². The summed E-state index contributed by atoms with van der Waals surface area (Å²) < 4.78 is 2.02. The molecule has 8 nitrogen and oxygen atoms in total. The van der Waals surface area contributed by atoms with Crippen LogP contribution in [0.2, 0.25) is 0 Å². The van der Waals surface area contributed by atoms with Crippen molar-refractivity contribution < 1.29 is 0 Å². The second-order valence-electron chi connectivity index (χ2n) is 6.91. The zero-order valence-electron chi connectivity index (χ0n) is 15.7. The second-order valence-corrected chi connectivity index (χ2v) is 8.12. The van der Waals surface area contributed by atoms with Crippen molar-refractivity contribution in [2.45, 2.75) is 26.3 Å². The number of anilines is 2. The molecule has 0 aromatic carbocycles. The van der Waals surface area contributed by atoms with Gasteiger partial charge in [-0.25, -0.2) is 19.9 Å². The Labute approximate surface area is 166 Å². The quantitative estimate of drug-likeness (QED) is 0.571. The Balaban J connectivity index is 1.34. The van der Waals surface area contributed by atoms with Crippen molar-refractivity contribution in [3.05, 3.63) is 47.8 Å². The predicted octanol–water partition coefficient (Wildman–Crippen LogP) is 2.95. The van der Waals surface area contributed by atoms with Crippen molar-refractivity contribution >= 4 is 28.8 Å². The number of nitrogens with one attached hydrogen (secondary N) is 1. The third-order valence-corrected chi connectivity index (χ3v) is 6.01. The molecule has 0 aliphatic carbocycles. The Kier molecular flexibility index (Phi) is 4.16. The highest BCUT2D eigenvalue weighted by Crippen LogP contribution is 2.29. The fourth-order valence-corrected chi connectivity index (χ4v) is 4.51. The van der Waals surface area contributed by atoms with E-state index in [1.165, 1.54) is 0 Å². The van der Waals surface area contributed by atoms with E-state index in [2.05, 4.69) is 30.2 Å². The summed E-state index contributed by atoms with van der Waals surface area (Å²) in [4.78, 5) is 25.7. The molecule has 0 radical (unpaired) electrons. The SMILES string of the molecule is Cc1nc(C)c(-c2ccnc(N3CCC(Nc4cncc5nccn45)C3)n2)s1. The molecular weight excluding hydrogens is 372 g/mol. The van der Waals surface area contributed by atoms with Crippen LogP contribution in [0.15, 0.2) is 37.1 Å². The molecule has 28 heavy (non-hydrogen) atoms. The largest absolute Gasteiger partial charge is 0.365 e. The first-order valence-electron chi connectivity index (χ1n) is 9.23. The van der Waals surface area contributed by atoms with Gasteiger partial charge in [-0.2, -0.15) is 0 Å². The minimum Gasteiger partial charge on any atom is -0.365 e. The Morgan fingerprint density at radius 3 is 2.93 bits per heavy atom. The summed E-state index contributed by atoms with van der Waals surface area (Å²) in [5, 5.41) is 4.64. The van der Waals surface area contributed by atoms with E-state index in [-0.39, 0.29) is 0 Å². The van der Waals surface area contributed by atoms with Gasteiger partial charge in [0.05, 0.1) is 33.7 Å². The minimum atomic E-state index is 0.300. The summed E-state index contributed by atoms with van der Waals surface area (Å²) in [5.74, 6) is 1.72. The van der Waals surface area contributed by atoms with Crippen LogP contribution in [0.3, 0.4) is 0 Å². The standard InChI is InChI=1S/C19H20N8S/c1-12-18(28-13(2)23-12)15-3-5-22-19(25-15)26-7-4-14(11-26)24-17-10-20-9-16-21-6-8-27(16)17/h3,5-6,8-10,14,24H,4,7,11H2,1-2H3. The number of aryl methyl sites for hydroxylation is 2. The normalized spacial score (nSPS) is 16.8. The monoisotopic (exact) mass is 392 g/mol. The van der Waals surface area contributed by atoms with Gasteiger partial charge in [-0.05, 0) is 26.3 Å². The Hall–Kier alpha value is -3.07. The number of imidazole rings is 1. The number of hydrogen-bond acceptors (Lipinski definition) is 8. The lowest BCUT2D eigenvalue weighted by Crippen LogP contribution is -2.28. The maximum absolute atomic E-state index is 4.81. The maximum Gasteiger partial charge on any atom is 0.225 e. The average molecular weight is 392 g/mol. The Morgan fingerprint density at radius 2 is 2.07 bits per heavy atom. The molecule has 1 aliphatic rings. The van der Waals surface area contributed by atoms with Gasteiger partial charge in [0.2, 0.25) is 5.95 Å². The number of aromatic nitrogens is 6. The van der Waals surface area contributed by atoms with E-state index >= 15 is 0 Å². The van der Waals surface area contributed by atoms with E-state index in [4.69, 9.17) is 4.98 Å². The molecule has 1 aliphatic heterocycles. The summed E-state index contributed by atoms with van der Waals surface area (Å²) in [7, 11) is 0. The summed E-state index contributed by atoms with van der Waals surface area (Å²) in [5.41, 5.74) is 2.80. The lowest BCUT2D eigenvalue weighted by Gasteiger charge is -2.18. The number of thiazole rings is 1. The fourth-order valence-electron chi connectivity index (χ4n) is 3.62. The van der Waals surface area contributed by atoms with Gasteiger partial charge in [0.1, 0.15) is 5.82 Å². The van der Waals surface area contributed by atoms with Crippen molar-refractivity contribution in [1.82, 2.24) is 29.3 Å². The van der Waals surface area contributed by atoms with Gasteiger partial charge in [0.15, 0.2) is 5.65 Å². The highest BCUT2D eigenvalue weighted by atomic mass is 32.1. The molecule has 4 aromatic heterocycles. The van der Waals surface area contributed by atoms with Crippen LogP contribution in [0, 0.1) is 13.8 Å². The summed E-state index contributed by atoms with van der Waals surface area (Å²) >= 11 is 1.68. The van der Waals surface area contributed by atoms with Gasteiger partial charge in [-0.3, -0.25) is 9.38 Å². The van der Waals surface area contributed by atoms with Crippen LogP contribution in [0.1, 0.15) is 17.1 Å². The molecule has 0 spiro atoms. The molecule has 1 atom stereocenters. The average Bonchev–Trinajstić information content (AvgIpc) is 3.42. The molecule has 5 heterocycles. The first-order valence-corrected chi connectivity index (χ1v) is 10.0. The van der Waals surface area contributed by atoms with Gasteiger partial charge >= 0.3 is 0 Å². The first kappa shape index (κ1) is 17.1. The van der Waals surface area contributed by atoms with Gasteiger partial charge in [-0.15, -0.1) is 11.3 Å². The van der Waals surface area contributed by atoms with Crippen LogP contribution in [0.5, 0.6) is 0 Å². The smallest absolute Gasteiger partial charge is 0.225 e. The minimum absolute atomic E-state index is 0.300. The molecular formula is C19H20N8S. The number of nitrogens with zero attached hydrogens (tertiary/aromatic N) is 7. The van der Waals surface area contributed by atoms with Crippen LogP contribution in [-0.2, 0) is 0 Å². The Bertz CT molecular complexity index is 1130. The lowest BCUT2D eigenvalue weighted by atomic mass is 10.2. The van der Waals surface area contributed by atoms with Gasteiger partial charge in [0, 0.05) is 37.7 Å². The fraction of sp³-hybridized carbons (Fsp3) is 0.316. The molecule has 0 bridgehead atoms. The molecule has 0 amide bonds. The van der Waals surface area contributed by atoms with E-state index in [0.29, 0.717) is 6.04 Å². The van der Waals surface area contributed by atoms with Crippen molar-refractivity contribution in [2.75, 3.05) is 23.3 Å². The molecule has 4 aromatic rings. The van der Waals surface area contributed by atoms with Crippen molar-refractivity contribution in [3.8, 4) is 10.6 Å². The van der Waals surface area contributed by atoms with Gasteiger partial charge in [0.25, 0.3) is 0 Å². The van der Waals surface area contributed by atoms with Crippen LogP contribution >= 0.6 is 11.3 Å². The van der Waals surface area contributed by atoms with E-state index in [0.717, 1.165) is 58.2 Å². The summed E-state index contributed by atoms with van der Waals surface area (Å²) in [6.45, 7) is 5.81. The van der Waals surface area contributed by atoms with Crippen LogP contribution in [0.4, 0.5) is 11.8 Å². The lowest BCUT2D eigenvalue weighted by molar-refractivity contribution is 0.793. The number of fused-ring (bicyclic) bond motifs is 1. The number of hydrogen-bond donors (Lipinski definition) is 1. The third-order valence-electron chi connectivity index (χ3n) is 4.92. The molecule has 142 valence electrons. The summed E-state index contributed by atoms with van der Waals surface area (Å²) in [6, 6.07) is 2.26. The second kappa shape index (κ2) is 6.83. The topological polar surface area (TPSA) is 84.1 Å². The molecule has 1 N–H and O–H groups in total. The maximum atomic E-state index is 4.81. The van der Waals surface area contributed by atoms with Crippen LogP contribution in [-0.4, -0.2) is 48.5 Å². The van der Waals surface area contributed by atoms with Crippen molar-refractivity contribution in [1.29, 1.82) is 0 Å². The van der Waals surface area contributed by atoms with Crippen molar-refractivity contribution in [3.63, 3.8) is 0 Å². The number of rotatable bonds is 4. The van der Waals surface area contributed by atoms with Gasteiger partial charge < -0.3 is 10.2 Å². The molecule has 1 fully saturated rings. The van der Waals surface area contributed by atoms with E-state index in [1.807, 2.05) is 42.9 Å². The predicted molar refractivity (Wildman–Crippen MR) is 110 cm³/mol. The Morgan fingerprint density at radius 1 is 1.14 bits per heavy atom. The molecule has 5 rings (SSSR count). The molecule has 1 saturated heterocycles. The van der Waals surface area contributed by atoms with E-state index in [1.54, 1.807) is 23.7 Å². The van der Waals surface area contributed by atoms with E-state index in [9.17, 15) is 0 Å². The molecule has 9 heteroatoms. The highest BCUT2D eigenvalue weighted by Gasteiger charge is 2.25. The third kappa shape index (κ3) is 3.07. The van der Waals surface area contributed by atoms with Crippen LogP contribution in [0.25, 0.3) is 16.2 Å². The van der Waals surface area contributed by atoms with Gasteiger partial charge in [-0.1, -0.05) is 0 Å². The molecule has 1 unspecified atom stereocenters. The molecule has 0 saturated carbocycles. The van der Waals surface area contributed by atoms with Crippen molar-refractivity contribution in [2.24, 2.45) is 0 Å². The highest BCUT2D eigenvalue weighted by molar-refractivity contribution is 7.15. The zero-order chi connectivity index (χ0) is 19.1. The first-order chi connectivity index (χ1) is 13.7. The summed E-state index contributed by atoms with van der Waals surface area (Å²) in [6.07, 6.45) is 10.2. The van der Waals surface area contributed by atoms with Crippen LogP contribution < -0.4 is 10.2 Å².